The molecule has 0 amide bonds. The molecule has 2 heterocycles. The lowest BCUT2D eigenvalue weighted by atomic mass is 10.1. The molecule has 1 aliphatic heterocycles. The molecule has 3 rings (SSSR count). The molecule has 0 N–H and O–H groups in total. The molecular weight excluding hydrogens is 252 g/mol. The number of nitrogens with zero attached hydrogens (tertiary/aromatic N) is 1. The van der Waals surface area contributed by atoms with Crippen LogP contribution in [-0.2, 0) is 6.54 Å². The average molecular weight is 265 g/mol. The second-order valence-corrected chi connectivity index (χ2v) is 4.68. The van der Waals surface area contributed by atoms with Crippen molar-refractivity contribution in [2.45, 2.75) is 12.6 Å². The predicted octanol–water partition coefficient (Wildman–Crippen LogP) is 3.12. The molecule has 0 aliphatic carbocycles. The van der Waals surface area contributed by atoms with Gasteiger partial charge in [0.25, 0.3) is 0 Å². The van der Waals surface area contributed by atoms with Crippen LogP contribution < -0.4 is 4.74 Å². The molecule has 1 unspecified atom stereocenters. The summed E-state index contributed by atoms with van der Waals surface area (Å²) < 4.78 is 37.2. The molecule has 0 saturated carbocycles. The Labute approximate surface area is 109 Å². The Hall–Kier alpha value is -1.88. The minimum absolute atomic E-state index is 0.239. The van der Waals surface area contributed by atoms with Crippen LogP contribution in [0.2, 0.25) is 0 Å². The molecule has 1 aromatic heterocycles. The zero-order valence-electron chi connectivity index (χ0n) is 10.4. The van der Waals surface area contributed by atoms with Crippen molar-refractivity contribution in [2.75, 3.05) is 13.6 Å². The summed E-state index contributed by atoms with van der Waals surface area (Å²) in [5.41, 5.74) is 0.961. The van der Waals surface area contributed by atoms with Crippen molar-refractivity contribution in [3.8, 4) is 5.75 Å². The Morgan fingerprint density at radius 2 is 2.11 bits per heavy atom. The number of furan rings is 1. The molecule has 1 aromatic carbocycles. The smallest absolute Gasteiger partial charge is 0.162 e. The lowest BCUT2D eigenvalue weighted by Crippen LogP contribution is -2.32. The van der Waals surface area contributed by atoms with Gasteiger partial charge in [0.2, 0.25) is 0 Å². The monoisotopic (exact) mass is 265 g/mol. The third-order valence-electron chi connectivity index (χ3n) is 3.19. The van der Waals surface area contributed by atoms with Crippen molar-refractivity contribution in [1.29, 1.82) is 0 Å². The Bertz CT molecular complexity index is 597. The molecule has 0 radical (unpaired) electrons. The minimum Gasteiger partial charge on any atom is -0.484 e. The van der Waals surface area contributed by atoms with E-state index in [-0.39, 0.29) is 6.10 Å². The highest BCUT2D eigenvalue weighted by Gasteiger charge is 2.27. The van der Waals surface area contributed by atoms with Crippen LogP contribution >= 0.6 is 0 Å². The number of hydrogen-bond donors (Lipinski definition) is 0. The van der Waals surface area contributed by atoms with Crippen LogP contribution in [0.15, 0.2) is 34.9 Å². The molecule has 2 aromatic rings. The van der Waals surface area contributed by atoms with E-state index >= 15 is 0 Å². The Kier molecular flexibility index (Phi) is 2.98. The van der Waals surface area contributed by atoms with Gasteiger partial charge in [-0.25, -0.2) is 8.78 Å². The van der Waals surface area contributed by atoms with Crippen LogP contribution in [0.4, 0.5) is 8.78 Å². The highest BCUT2D eigenvalue weighted by molar-refractivity contribution is 5.28. The summed E-state index contributed by atoms with van der Waals surface area (Å²) in [7, 11) is 1.95. The number of benzene rings is 1. The number of rotatable bonds is 2. The van der Waals surface area contributed by atoms with E-state index in [1.165, 1.54) is 6.07 Å². The van der Waals surface area contributed by atoms with Crippen LogP contribution in [0.1, 0.15) is 17.4 Å². The topological polar surface area (TPSA) is 25.6 Å². The highest BCUT2D eigenvalue weighted by Crippen LogP contribution is 2.31. The van der Waals surface area contributed by atoms with Gasteiger partial charge in [-0.3, -0.25) is 4.90 Å². The summed E-state index contributed by atoms with van der Waals surface area (Å²) in [6.07, 6.45) is 1.38. The second-order valence-electron chi connectivity index (χ2n) is 4.68. The van der Waals surface area contributed by atoms with Crippen molar-refractivity contribution in [2.24, 2.45) is 0 Å². The van der Waals surface area contributed by atoms with Crippen LogP contribution in [0.3, 0.4) is 0 Å². The summed E-state index contributed by atoms with van der Waals surface area (Å²) in [6, 6.07) is 5.40. The summed E-state index contributed by atoms with van der Waals surface area (Å²) in [5, 5.41) is 0. The van der Waals surface area contributed by atoms with Gasteiger partial charge in [-0.2, -0.15) is 0 Å². The fraction of sp³-hybridized carbons (Fsp3) is 0.286. The van der Waals surface area contributed by atoms with Crippen molar-refractivity contribution in [3.05, 3.63) is 53.5 Å². The molecule has 5 heteroatoms. The third-order valence-corrected chi connectivity index (χ3v) is 3.19. The van der Waals surface area contributed by atoms with Gasteiger partial charge in [0.15, 0.2) is 11.6 Å². The van der Waals surface area contributed by atoms with Crippen molar-refractivity contribution >= 4 is 0 Å². The van der Waals surface area contributed by atoms with Gasteiger partial charge in [0, 0.05) is 18.2 Å². The average Bonchev–Trinajstić information content (AvgIpc) is 2.82. The number of fused-ring (bicyclic) bond motifs is 1. The molecule has 0 bridgehead atoms. The lowest BCUT2D eigenvalue weighted by Gasteiger charge is -2.29. The maximum absolute atomic E-state index is 13.2. The molecule has 1 atom stereocenters. The zero-order chi connectivity index (χ0) is 13.4. The SMILES string of the molecule is CN1Cc2occc2C(Oc2ccc(F)c(F)c2)C1. The van der Waals surface area contributed by atoms with E-state index < -0.39 is 11.6 Å². The minimum atomic E-state index is -0.908. The molecular formula is C14H13F2NO2. The van der Waals surface area contributed by atoms with Crippen LogP contribution in [-0.4, -0.2) is 18.5 Å². The Morgan fingerprint density at radius 3 is 2.89 bits per heavy atom. The van der Waals surface area contributed by atoms with E-state index in [0.29, 0.717) is 12.3 Å². The summed E-state index contributed by atoms with van der Waals surface area (Å²) in [5.74, 6) is -0.626. The van der Waals surface area contributed by atoms with Crippen molar-refractivity contribution < 1.29 is 17.9 Å². The molecule has 0 fully saturated rings. The number of likely N-dealkylation sites (N-methyl/N-ethyl adjacent to an activating group) is 1. The van der Waals surface area contributed by atoms with E-state index in [4.69, 9.17) is 9.15 Å². The Balaban J connectivity index is 1.86. The third kappa shape index (κ3) is 2.33. The van der Waals surface area contributed by atoms with Gasteiger partial charge in [0.05, 0.1) is 12.8 Å². The molecule has 0 spiro atoms. The van der Waals surface area contributed by atoms with E-state index in [1.807, 2.05) is 13.1 Å². The van der Waals surface area contributed by atoms with Crippen LogP contribution in [0, 0.1) is 11.6 Å². The van der Waals surface area contributed by atoms with Crippen molar-refractivity contribution in [1.82, 2.24) is 4.90 Å². The largest absolute Gasteiger partial charge is 0.484 e. The first-order valence-electron chi connectivity index (χ1n) is 6.00. The molecule has 1 aliphatic rings. The highest BCUT2D eigenvalue weighted by atomic mass is 19.2. The zero-order valence-corrected chi connectivity index (χ0v) is 10.4. The van der Waals surface area contributed by atoms with Gasteiger partial charge in [-0.05, 0) is 25.2 Å². The number of ether oxygens (including phenoxy) is 1. The lowest BCUT2D eigenvalue weighted by molar-refractivity contribution is 0.119. The molecule has 0 saturated heterocycles. The Morgan fingerprint density at radius 1 is 1.26 bits per heavy atom. The molecule has 100 valence electrons. The first kappa shape index (κ1) is 12.2. The first-order chi connectivity index (χ1) is 9.13. The second kappa shape index (κ2) is 4.66. The first-order valence-corrected chi connectivity index (χ1v) is 6.00. The van der Waals surface area contributed by atoms with E-state index in [0.717, 1.165) is 30.0 Å². The van der Waals surface area contributed by atoms with Crippen LogP contribution in [0.5, 0.6) is 5.75 Å². The van der Waals surface area contributed by atoms with Gasteiger partial charge < -0.3 is 9.15 Å². The normalized spacial score (nSPS) is 19.2. The van der Waals surface area contributed by atoms with Crippen LogP contribution in [0.25, 0.3) is 0 Å². The van der Waals surface area contributed by atoms with E-state index in [2.05, 4.69) is 4.90 Å². The summed E-state index contributed by atoms with van der Waals surface area (Å²) in [4.78, 5) is 2.05. The molecule has 19 heavy (non-hydrogen) atoms. The van der Waals surface area contributed by atoms with Gasteiger partial charge in [-0.1, -0.05) is 0 Å². The standard InChI is InChI=1S/C14H13F2NO2/c1-17-7-13-10(4-5-18-13)14(8-17)19-9-2-3-11(15)12(16)6-9/h2-6,14H,7-8H2,1H3. The van der Waals surface area contributed by atoms with Crippen molar-refractivity contribution in [3.63, 3.8) is 0 Å². The maximum atomic E-state index is 13.2. The predicted molar refractivity (Wildman–Crippen MR) is 64.8 cm³/mol. The molecule has 3 nitrogen and oxygen atoms in total. The van der Waals surface area contributed by atoms with E-state index in [1.54, 1.807) is 6.26 Å². The van der Waals surface area contributed by atoms with Gasteiger partial charge in [-0.15, -0.1) is 0 Å². The number of halogens is 2. The number of hydrogen-bond acceptors (Lipinski definition) is 3. The summed E-state index contributed by atoms with van der Waals surface area (Å²) in [6.45, 7) is 1.39. The van der Waals surface area contributed by atoms with Gasteiger partial charge >= 0.3 is 0 Å². The quantitative estimate of drug-likeness (QED) is 0.834. The fourth-order valence-corrected chi connectivity index (χ4v) is 2.27. The summed E-state index contributed by atoms with van der Waals surface area (Å²) >= 11 is 0. The van der Waals surface area contributed by atoms with E-state index in [9.17, 15) is 8.78 Å². The van der Waals surface area contributed by atoms with Gasteiger partial charge in [0.1, 0.15) is 17.6 Å². The fourth-order valence-electron chi connectivity index (χ4n) is 2.27. The maximum Gasteiger partial charge on any atom is 0.162 e.